The van der Waals surface area contributed by atoms with Crippen molar-refractivity contribution in [3.63, 3.8) is 0 Å². The standard InChI is InChI=1S/C18H27ClN5S.BrH/c1-7-23(10-11-24(4,5)6)15-8-9-17(16(19)12-15)21-22-18-20-13(2)14(3)25-18;/h8-9,12H,7,10-11H2,1-6H3;1H/q+1;/p-1. The molecule has 0 radical (unpaired) electrons. The molecular weight excluding hydrogens is 434 g/mol. The van der Waals surface area contributed by atoms with Crippen LogP contribution in [0.2, 0.25) is 5.02 Å². The highest BCUT2D eigenvalue weighted by molar-refractivity contribution is 7.15. The molecule has 0 bridgehead atoms. The van der Waals surface area contributed by atoms with Crippen LogP contribution in [-0.4, -0.2) is 50.2 Å². The molecule has 0 N–H and O–H groups in total. The van der Waals surface area contributed by atoms with Crippen LogP contribution in [0.15, 0.2) is 28.4 Å². The Morgan fingerprint density at radius 1 is 1.19 bits per heavy atom. The first kappa shape index (κ1) is 23.0. The quantitative estimate of drug-likeness (QED) is 0.470. The van der Waals surface area contributed by atoms with Crippen molar-refractivity contribution in [3.05, 3.63) is 33.8 Å². The van der Waals surface area contributed by atoms with Gasteiger partial charge in [0.05, 0.1) is 44.9 Å². The minimum atomic E-state index is 0. The molecule has 26 heavy (non-hydrogen) atoms. The summed E-state index contributed by atoms with van der Waals surface area (Å²) in [6, 6.07) is 5.94. The zero-order chi connectivity index (χ0) is 18.6. The Labute approximate surface area is 176 Å². The molecule has 5 nitrogen and oxygen atoms in total. The van der Waals surface area contributed by atoms with E-state index >= 15 is 0 Å². The Hall–Kier alpha value is -1.02. The van der Waals surface area contributed by atoms with E-state index in [2.05, 4.69) is 54.2 Å². The zero-order valence-corrected chi connectivity index (χ0v) is 19.4. The number of thiazole rings is 1. The van der Waals surface area contributed by atoms with Gasteiger partial charge in [-0.1, -0.05) is 22.9 Å². The van der Waals surface area contributed by atoms with Gasteiger partial charge in [-0.05, 0) is 39.0 Å². The molecule has 0 amide bonds. The van der Waals surface area contributed by atoms with Crippen LogP contribution in [0.3, 0.4) is 0 Å². The van der Waals surface area contributed by atoms with E-state index in [1.807, 2.05) is 26.0 Å². The number of nitrogens with zero attached hydrogens (tertiary/aromatic N) is 5. The summed E-state index contributed by atoms with van der Waals surface area (Å²) in [6.45, 7) is 9.15. The number of anilines is 1. The molecule has 2 rings (SSSR count). The molecule has 0 fully saturated rings. The van der Waals surface area contributed by atoms with Gasteiger partial charge in [-0.3, -0.25) is 0 Å². The third-order valence-corrected chi connectivity index (χ3v) is 5.24. The topological polar surface area (TPSA) is 40.9 Å². The molecule has 0 aliphatic carbocycles. The SMILES string of the molecule is CCN(CC[N+](C)(C)C)c1ccc(N=Nc2nc(C)c(C)s2)c(Cl)c1.[Br-]. The summed E-state index contributed by atoms with van der Waals surface area (Å²) in [7, 11) is 6.60. The number of hydrogen-bond donors (Lipinski definition) is 0. The lowest BCUT2D eigenvalue weighted by atomic mass is 10.2. The van der Waals surface area contributed by atoms with E-state index < -0.39 is 0 Å². The molecule has 0 atom stereocenters. The maximum atomic E-state index is 6.42. The van der Waals surface area contributed by atoms with Crippen LogP contribution in [0.5, 0.6) is 0 Å². The van der Waals surface area contributed by atoms with Crippen LogP contribution in [0.1, 0.15) is 17.5 Å². The van der Waals surface area contributed by atoms with E-state index in [4.69, 9.17) is 11.6 Å². The number of azo groups is 1. The number of rotatable bonds is 7. The van der Waals surface area contributed by atoms with E-state index in [1.165, 1.54) is 11.3 Å². The fourth-order valence-corrected chi connectivity index (χ4v) is 3.20. The van der Waals surface area contributed by atoms with Gasteiger partial charge in [0.15, 0.2) is 0 Å². The molecule has 2 aromatic rings. The molecule has 0 spiro atoms. The number of benzene rings is 1. The number of aryl methyl sites for hydroxylation is 2. The highest BCUT2D eigenvalue weighted by atomic mass is 79.9. The van der Waals surface area contributed by atoms with Crippen molar-refractivity contribution in [2.75, 3.05) is 45.7 Å². The Balaban J connectivity index is 0.00000338. The minimum Gasteiger partial charge on any atom is -1.00 e. The molecular formula is C18H27BrClN5S. The number of aromatic nitrogens is 1. The maximum absolute atomic E-state index is 6.42. The monoisotopic (exact) mass is 459 g/mol. The van der Waals surface area contributed by atoms with Gasteiger partial charge in [0.1, 0.15) is 5.69 Å². The zero-order valence-electron chi connectivity index (χ0n) is 16.3. The number of quaternary nitrogens is 1. The smallest absolute Gasteiger partial charge is 0.230 e. The second-order valence-electron chi connectivity index (χ2n) is 7.07. The first-order valence-corrected chi connectivity index (χ1v) is 9.60. The Morgan fingerprint density at radius 3 is 2.38 bits per heavy atom. The average Bonchev–Trinajstić information content (AvgIpc) is 2.84. The van der Waals surface area contributed by atoms with Crippen LogP contribution in [-0.2, 0) is 0 Å². The second kappa shape index (κ2) is 9.78. The fraction of sp³-hybridized carbons (Fsp3) is 0.500. The second-order valence-corrected chi connectivity index (χ2v) is 8.66. The van der Waals surface area contributed by atoms with E-state index in [-0.39, 0.29) is 17.0 Å². The Morgan fingerprint density at radius 2 is 1.88 bits per heavy atom. The molecule has 1 aromatic heterocycles. The molecule has 1 aromatic carbocycles. The van der Waals surface area contributed by atoms with Crippen molar-refractivity contribution in [2.24, 2.45) is 10.2 Å². The van der Waals surface area contributed by atoms with Gasteiger partial charge in [0.25, 0.3) is 0 Å². The third-order valence-electron chi connectivity index (χ3n) is 3.98. The van der Waals surface area contributed by atoms with E-state index in [1.54, 1.807) is 0 Å². The lowest BCUT2D eigenvalue weighted by Gasteiger charge is -2.29. The van der Waals surface area contributed by atoms with Crippen LogP contribution in [0.25, 0.3) is 0 Å². The van der Waals surface area contributed by atoms with Crippen molar-refractivity contribution in [1.29, 1.82) is 0 Å². The number of halogens is 2. The van der Waals surface area contributed by atoms with Crippen LogP contribution in [0.4, 0.5) is 16.5 Å². The van der Waals surface area contributed by atoms with E-state index in [0.29, 0.717) is 15.8 Å². The predicted octanol–water partition coefficient (Wildman–Crippen LogP) is 2.37. The Bertz CT molecular complexity index is 735. The van der Waals surface area contributed by atoms with Gasteiger partial charge >= 0.3 is 0 Å². The van der Waals surface area contributed by atoms with Gasteiger partial charge in [0, 0.05) is 17.1 Å². The van der Waals surface area contributed by atoms with Crippen LogP contribution >= 0.6 is 22.9 Å². The average molecular weight is 461 g/mol. The van der Waals surface area contributed by atoms with Crippen molar-refractivity contribution >= 4 is 39.4 Å². The van der Waals surface area contributed by atoms with Crippen LogP contribution in [0, 0.1) is 13.8 Å². The fourth-order valence-electron chi connectivity index (χ4n) is 2.26. The molecule has 0 aliphatic heterocycles. The summed E-state index contributed by atoms with van der Waals surface area (Å²) in [5.41, 5.74) is 2.77. The number of likely N-dealkylation sites (N-methyl/N-ethyl adjacent to an activating group) is 2. The van der Waals surface area contributed by atoms with Crippen molar-refractivity contribution in [3.8, 4) is 0 Å². The normalized spacial score (nSPS) is 11.7. The van der Waals surface area contributed by atoms with Crippen molar-refractivity contribution in [1.82, 2.24) is 4.98 Å². The summed E-state index contributed by atoms with van der Waals surface area (Å²) >= 11 is 7.96. The molecule has 0 saturated carbocycles. The highest BCUT2D eigenvalue weighted by Crippen LogP contribution is 2.32. The molecule has 144 valence electrons. The van der Waals surface area contributed by atoms with Gasteiger partial charge < -0.3 is 26.4 Å². The molecule has 0 aliphatic rings. The largest absolute Gasteiger partial charge is 1.00 e. The summed E-state index contributed by atoms with van der Waals surface area (Å²) in [6.07, 6.45) is 0. The maximum Gasteiger partial charge on any atom is 0.230 e. The minimum absolute atomic E-state index is 0. The summed E-state index contributed by atoms with van der Waals surface area (Å²) in [5.74, 6) is 0. The van der Waals surface area contributed by atoms with E-state index in [0.717, 1.165) is 40.4 Å². The summed E-state index contributed by atoms with van der Waals surface area (Å²) in [4.78, 5) is 7.85. The predicted molar refractivity (Wildman–Crippen MR) is 108 cm³/mol. The lowest BCUT2D eigenvalue weighted by Crippen LogP contribution is -3.00. The number of hydrogen-bond acceptors (Lipinski definition) is 5. The third kappa shape index (κ3) is 6.61. The molecule has 0 unspecified atom stereocenters. The van der Waals surface area contributed by atoms with Gasteiger partial charge in [-0.2, -0.15) is 0 Å². The lowest BCUT2D eigenvalue weighted by molar-refractivity contribution is -0.868. The highest BCUT2D eigenvalue weighted by Gasteiger charge is 2.13. The summed E-state index contributed by atoms with van der Waals surface area (Å²) < 4.78 is 0.934. The molecule has 8 heteroatoms. The first-order chi connectivity index (χ1) is 11.7. The summed E-state index contributed by atoms with van der Waals surface area (Å²) in [5, 5.41) is 9.74. The molecule has 0 saturated heterocycles. The van der Waals surface area contributed by atoms with Gasteiger partial charge in [0.2, 0.25) is 5.13 Å². The molecule has 1 heterocycles. The van der Waals surface area contributed by atoms with Gasteiger partial charge in [-0.25, -0.2) is 4.98 Å². The van der Waals surface area contributed by atoms with Crippen molar-refractivity contribution < 1.29 is 21.5 Å². The van der Waals surface area contributed by atoms with Crippen molar-refractivity contribution in [2.45, 2.75) is 20.8 Å². The van der Waals surface area contributed by atoms with E-state index in [9.17, 15) is 0 Å². The Kier molecular flexibility index (Phi) is 8.66. The van der Waals surface area contributed by atoms with Gasteiger partial charge in [-0.15, -0.1) is 10.2 Å². The first-order valence-electron chi connectivity index (χ1n) is 8.40. The van der Waals surface area contributed by atoms with Crippen LogP contribution < -0.4 is 21.9 Å².